The standard InChI is InChI=1S/C19H22F2N6O2/c1-11-10-29-7-4-27(11)19-25-17(12-2-5-28-6-3-12)24-18(26-19)14-9-23-15(22)8-13(14)16(20)21/h2,8-9,11,16H,3-7,10H2,1H3,(H2,22,23)/t11-/m1/s1. The number of rotatable bonds is 4. The molecule has 4 rings (SSSR count). The van der Waals surface area contributed by atoms with Crippen LogP contribution in [-0.2, 0) is 9.47 Å². The van der Waals surface area contributed by atoms with Gasteiger partial charge in [0.25, 0.3) is 6.43 Å². The molecule has 0 amide bonds. The third-order valence-electron chi connectivity index (χ3n) is 4.93. The van der Waals surface area contributed by atoms with Crippen LogP contribution in [0, 0.1) is 0 Å². The van der Waals surface area contributed by atoms with Crippen LogP contribution in [0.3, 0.4) is 0 Å². The van der Waals surface area contributed by atoms with Gasteiger partial charge in [0.05, 0.1) is 32.5 Å². The van der Waals surface area contributed by atoms with Gasteiger partial charge in [-0.15, -0.1) is 0 Å². The van der Waals surface area contributed by atoms with Gasteiger partial charge in [0, 0.05) is 23.9 Å². The Morgan fingerprint density at radius 2 is 2.00 bits per heavy atom. The molecule has 154 valence electrons. The smallest absolute Gasteiger partial charge is 0.264 e. The van der Waals surface area contributed by atoms with Crippen LogP contribution >= 0.6 is 0 Å². The van der Waals surface area contributed by atoms with Crippen LogP contribution in [0.5, 0.6) is 0 Å². The van der Waals surface area contributed by atoms with E-state index < -0.39 is 6.43 Å². The van der Waals surface area contributed by atoms with Crippen LogP contribution in [0.2, 0.25) is 0 Å². The molecule has 0 radical (unpaired) electrons. The van der Waals surface area contributed by atoms with Crippen molar-refractivity contribution >= 4 is 17.3 Å². The van der Waals surface area contributed by atoms with Crippen molar-refractivity contribution in [3.63, 3.8) is 0 Å². The fourth-order valence-electron chi connectivity index (χ4n) is 3.37. The zero-order valence-electron chi connectivity index (χ0n) is 16.0. The molecule has 0 unspecified atom stereocenters. The Hall–Kier alpha value is -2.72. The maximum absolute atomic E-state index is 13.7. The van der Waals surface area contributed by atoms with Gasteiger partial charge in [-0.1, -0.05) is 6.08 Å². The number of hydrogen-bond donors (Lipinski definition) is 1. The van der Waals surface area contributed by atoms with E-state index in [1.54, 1.807) is 0 Å². The van der Waals surface area contributed by atoms with Crippen molar-refractivity contribution in [3.8, 4) is 11.4 Å². The van der Waals surface area contributed by atoms with E-state index in [0.717, 1.165) is 11.6 Å². The molecule has 2 aromatic heterocycles. The number of aromatic nitrogens is 4. The fraction of sp³-hybridized carbons (Fsp3) is 0.474. The number of nitrogen functional groups attached to an aromatic ring is 1. The van der Waals surface area contributed by atoms with E-state index in [0.29, 0.717) is 51.2 Å². The van der Waals surface area contributed by atoms with Gasteiger partial charge in [-0.05, 0) is 25.0 Å². The maximum Gasteiger partial charge on any atom is 0.264 e. The number of hydrogen-bond acceptors (Lipinski definition) is 8. The minimum absolute atomic E-state index is 0.0208. The molecule has 2 aliphatic rings. The zero-order valence-corrected chi connectivity index (χ0v) is 16.0. The number of anilines is 2. The zero-order chi connectivity index (χ0) is 20.4. The van der Waals surface area contributed by atoms with E-state index in [1.165, 1.54) is 6.20 Å². The molecule has 2 aliphatic heterocycles. The SMILES string of the molecule is C[C@@H]1COCCN1c1nc(C2=CCOCC2)nc(-c2cnc(N)cc2C(F)F)n1. The molecule has 0 aromatic carbocycles. The summed E-state index contributed by atoms with van der Waals surface area (Å²) in [5, 5.41) is 0. The first-order valence-electron chi connectivity index (χ1n) is 9.44. The first kappa shape index (κ1) is 19.6. The summed E-state index contributed by atoms with van der Waals surface area (Å²) >= 11 is 0. The summed E-state index contributed by atoms with van der Waals surface area (Å²) in [5.41, 5.74) is 6.41. The average Bonchev–Trinajstić information content (AvgIpc) is 2.74. The van der Waals surface area contributed by atoms with Crippen molar-refractivity contribution < 1.29 is 18.3 Å². The second-order valence-electron chi connectivity index (χ2n) is 6.95. The minimum Gasteiger partial charge on any atom is -0.384 e. The maximum atomic E-state index is 13.7. The van der Waals surface area contributed by atoms with E-state index in [1.807, 2.05) is 17.9 Å². The van der Waals surface area contributed by atoms with Gasteiger partial charge in [-0.3, -0.25) is 0 Å². The van der Waals surface area contributed by atoms with Gasteiger partial charge >= 0.3 is 0 Å². The Balaban J connectivity index is 1.85. The Kier molecular flexibility index (Phi) is 5.63. The van der Waals surface area contributed by atoms with Crippen molar-refractivity contribution in [2.45, 2.75) is 25.8 Å². The molecule has 0 aliphatic carbocycles. The Morgan fingerprint density at radius 3 is 2.72 bits per heavy atom. The van der Waals surface area contributed by atoms with Crippen molar-refractivity contribution in [2.24, 2.45) is 0 Å². The Labute approximate surface area is 166 Å². The van der Waals surface area contributed by atoms with Crippen molar-refractivity contribution in [1.29, 1.82) is 0 Å². The summed E-state index contributed by atoms with van der Waals surface area (Å²) < 4.78 is 38.2. The molecule has 2 N–H and O–H groups in total. The van der Waals surface area contributed by atoms with Crippen LogP contribution in [0.25, 0.3) is 17.0 Å². The van der Waals surface area contributed by atoms with Gasteiger partial charge in [0.1, 0.15) is 5.82 Å². The molecule has 4 heterocycles. The van der Waals surface area contributed by atoms with Crippen molar-refractivity contribution in [2.75, 3.05) is 43.6 Å². The summed E-state index contributed by atoms with van der Waals surface area (Å²) in [7, 11) is 0. The summed E-state index contributed by atoms with van der Waals surface area (Å²) in [6, 6.07) is 1.21. The number of ether oxygens (including phenoxy) is 2. The summed E-state index contributed by atoms with van der Waals surface area (Å²) in [5.74, 6) is 1.07. The highest BCUT2D eigenvalue weighted by molar-refractivity contribution is 5.67. The third-order valence-corrected chi connectivity index (χ3v) is 4.93. The number of pyridine rings is 1. The lowest BCUT2D eigenvalue weighted by Crippen LogP contribution is -2.44. The molecular formula is C19H22F2N6O2. The number of halogens is 2. The van der Waals surface area contributed by atoms with Gasteiger partial charge in [-0.2, -0.15) is 9.97 Å². The molecular weight excluding hydrogens is 382 g/mol. The summed E-state index contributed by atoms with van der Waals surface area (Å²) in [6.45, 7) is 4.72. The highest BCUT2D eigenvalue weighted by atomic mass is 19.3. The van der Waals surface area contributed by atoms with E-state index in [2.05, 4.69) is 19.9 Å². The first-order chi connectivity index (χ1) is 14.0. The summed E-state index contributed by atoms with van der Waals surface area (Å²) in [4.78, 5) is 19.6. The molecule has 1 fully saturated rings. The van der Waals surface area contributed by atoms with Crippen molar-refractivity contribution in [3.05, 3.63) is 29.7 Å². The average molecular weight is 404 g/mol. The Bertz CT molecular complexity index is 924. The van der Waals surface area contributed by atoms with Crippen molar-refractivity contribution in [1.82, 2.24) is 19.9 Å². The van der Waals surface area contributed by atoms with E-state index in [4.69, 9.17) is 15.2 Å². The van der Waals surface area contributed by atoms with Crippen LogP contribution in [-0.4, -0.2) is 59.0 Å². The molecule has 1 saturated heterocycles. The second kappa shape index (κ2) is 8.34. The molecule has 10 heteroatoms. The molecule has 8 nitrogen and oxygen atoms in total. The van der Waals surface area contributed by atoms with E-state index in [9.17, 15) is 8.78 Å². The van der Waals surface area contributed by atoms with Crippen LogP contribution in [0.15, 0.2) is 18.3 Å². The summed E-state index contributed by atoms with van der Waals surface area (Å²) in [6.07, 6.45) is 1.11. The van der Waals surface area contributed by atoms with Gasteiger partial charge in [0.2, 0.25) is 5.95 Å². The lowest BCUT2D eigenvalue weighted by molar-refractivity contribution is 0.0980. The number of alkyl halides is 2. The molecule has 1 atom stereocenters. The highest BCUT2D eigenvalue weighted by Crippen LogP contribution is 2.32. The molecule has 0 spiro atoms. The lowest BCUT2D eigenvalue weighted by atomic mass is 10.1. The molecule has 29 heavy (non-hydrogen) atoms. The molecule has 2 aromatic rings. The lowest BCUT2D eigenvalue weighted by Gasteiger charge is -2.33. The monoisotopic (exact) mass is 404 g/mol. The largest absolute Gasteiger partial charge is 0.384 e. The predicted molar refractivity (Wildman–Crippen MR) is 103 cm³/mol. The number of nitrogens with zero attached hydrogens (tertiary/aromatic N) is 5. The van der Waals surface area contributed by atoms with Gasteiger partial charge in [-0.25, -0.2) is 18.7 Å². The number of nitrogens with two attached hydrogens (primary N) is 1. The van der Waals surface area contributed by atoms with Crippen LogP contribution in [0.1, 0.15) is 31.2 Å². The fourth-order valence-corrected chi connectivity index (χ4v) is 3.37. The minimum atomic E-state index is -2.73. The van der Waals surface area contributed by atoms with E-state index >= 15 is 0 Å². The molecule has 0 bridgehead atoms. The van der Waals surface area contributed by atoms with Crippen LogP contribution in [0.4, 0.5) is 20.5 Å². The third kappa shape index (κ3) is 4.18. The van der Waals surface area contributed by atoms with Crippen LogP contribution < -0.4 is 10.6 Å². The topological polar surface area (TPSA) is 99.3 Å². The number of morpholine rings is 1. The van der Waals surface area contributed by atoms with E-state index in [-0.39, 0.29) is 28.8 Å². The Morgan fingerprint density at radius 1 is 1.17 bits per heavy atom. The second-order valence-corrected chi connectivity index (χ2v) is 6.95. The normalized spacial score (nSPS) is 20.1. The van der Waals surface area contributed by atoms with Gasteiger partial charge in [0.15, 0.2) is 11.6 Å². The van der Waals surface area contributed by atoms with Gasteiger partial charge < -0.3 is 20.1 Å². The predicted octanol–water partition coefficient (Wildman–Crippen LogP) is 2.48. The quantitative estimate of drug-likeness (QED) is 0.830. The first-order valence-corrected chi connectivity index (χ1v) is 9.44. The highest BCUT2D eigenvalue weighted by Gasteiger charge is 2.25. The molecule has 0 saturated carbocycles.